The molecule has 2 aromatic rings. The molecule has 1 unspecified atom stereocenters. The maximum absolute atomic E-state index is 11.6. The molecule has 0 aromatic heterocycles. The molecule has 124 valence electrons. The first-order valence-corrected chi connectivity index (χ1v) is 7.53. The zero-order valence-corrected chi connectivity index (χ0v) is 14.2. The van der Waals surface area contributed by atoms with E-state index in [9.17, 15) is 10.1 Å². The van der Waals surface area contributed by atoms with Crippen LogP contribution in [0.25, 0.3) is 0 Å². The van der Waals surface area contributed by atoms with Crippen LogP contribution in [0, 0.1) is 11.3 Å². The van der Waals surface area contributed by atoms with Crippen LogP contribution in [0.1, 0.15) is 41.4 Å². The lowest BCUT2D eigenvalue weighted by molar-refractivity contribution is 0.101. The van der Waals surface area contributed by atoms with E-state index in [1.165, 1.54) is 6.92 Å². The van der Waals surface area contributed by atoms with Gasteiger partial charge in [0.25, 0.3) is 0 Å². The summed E-state index contributed by atoms with van der Waals surface area (Å²) >= 11 is 0. The Hall–Kier alpha value is -3.00. The normalized spacial score (nSPS) is 11.3. The Morgan fingerprint density at radius 2 is 1.83 bits per heavy atom. The number of nitrogens with zero attached hydrogens (tertiary/aromatic N) is 1. The number of Topliss-reactive ketones (excluding diaryl/α,β-unsaturated/α-hetero) is 1. The first-order valence-electron chi connectivity index (χ1n) is 7.53. The zero-order chi connectivity index (χ0) is 17.7. The van der Waals surface area contributed by atoms with Crippen molar-refractivity contribution in [3.63, 3.8) is 0 Å². The molecule has 0 heterocycles. The third kappa shape index (κ3) is 3.66. The zero-order valence-electron chi connectivity index (χ0n) is 14.2. The molecule has 0 amide bonds. The second-order valence-corrected chi connectivity index (χ2v) is 5.41. The van der Waals surface area contributed by atoms with E-state index in [2.05, 4.69) is 11.4 Å². The Bertz CT molecular complexity index is 794. The van der Waals surface area contributed by atoms with Crippen LogP contribution in [0.15, 0.2) is 36.4 Å². The van der Waals surface area contributed by atoms with Gasteiger partial charge in [-0.1, -0.05) is 6.07 Å². The van der Waals surface area contributed by atoms with E-state index >= 15 is 0 Å². The van der Waals surface area contributed by atoms with E-state index < -0.39 is 0 Å². The second-order valence-electron chi connectivity index (χ2n) is 5.41. The lowest BCUT2D eigenvalue weighted by Crippen LogP contribution is -2.09. The third-order valence-electron chi connectivity index (χ3n) is 3.83. The fourth-order valence-electron chi connectivity index (χ4n) is 2.42. The van der Waals surface area contributed by atoms with Crippen LogP contribution in [0.3, 0.4) is 0 Å². The van der Waals surface area contributed by atoms with Gasteiger partial charge < -0.3 is 14.8 Å². The summed E-state index contributed by atoms with van der Waals surface area (Å²) < 4.78 is 10.6. The van der Waals surface area contributed by atoms with Crippen molar-refractivity contribution in [3.8, 4) is 17.6 Å². The number of hydrogen-bond acceptors (Lipinski definition) is 5. The molecule has 0 aliphatic carbocycles. The van der Waals surface area contributed by atoms with Gasteiger partial charge in [-0.15, -0.1) is 0 Å². The van der Waals surface area contributed by atoms with Gasteiger partial charge in [0.05, 0.1) is 25.5 Å². The van der Waals surface area contributed by atoms with Crippen molar-refractivity contribution < 1.29 is 14.3 Å². The molecule has 1 N–H and O–H groups in total. The van der Waals surface area contributed by atoms with Gasteiger partial charge >= 0.3 is 0 Å². The van der Waals surface area contributed by atoms with Crippen molar-refractivity contribution in [1.82, 2.24) is 0 Å². The lowest BCUT2D eigenvalue weighted by Gasteiger charge is -2.19. The van der Waals surface area contributed by atoms with E-state index in [-0.39, 0.29) is 11.8 Å². The molecule has 0 radical (unpaired) electrons. The summed E-state index contributed by atoms with van der Waals surface area (Å²) in [5.74, 6) is 1.26. The van der Waals surface area contributed by atoms with Gasteiger partial charge in [0.1, 0.15) is 6.07 Å². The molecule has 0 aliphatic heterocycles. The van der Waals surface area contributed by atoms with Crippen LogP contribution >= 0.6 is 0 Å². The molecular formula is C19H20N2O3. The molecule has 1 atom stereocenters. The molecular weight excluding hydrogens is 304 g/mol. The van der Waals surface area contributed by atoms with Crippen molar-refractivity contribution >= 4 is 11.5 Å². The predicted octanol–water partition coefficient (Wildman–Crippen LogP) is 3.95. The van der Waals surface area contributed by atoms with E-state index in [4.69, 9.17) is 9.47 Å². The summed E-state index contributed by atoms with van der Waals surface area (Å²) in [7, 11) is 3.18. The summed E-state index contributed by atoms with van der Waals surface area (Å²) in [4.78, 5) is 11.6. The maximum Gasteiger partial charge on any atom is 0.161 e. The Balaban J connectivity index is 2.32. The monoisotopic (exact) mass is 324 g/mol. The van der Waals surface area contributed by atoms with Gasteiger partial charge in [-0.25, -0.2) is 0 Å². The molecule has 0 saturated heterocycles. The Morgan fingerprint density at radius 1 is 1.12 bits per heavy atom. The minimum atomic E-state index is -0.0842. The minimum absolute atomic E-state index is 0.0405. The van der Waals surface area contributed by atoms with Gasteiger partial charge in [0.2, 0.25) is 0 Å². The number of nitriles is 1. The number of carbonyl (C=O) groups excluding carboxylic acids is 1. The van der Waals surface area contributed by atoms with Gasteiger partial charge in [0.15, 0.2) is 17.3 Å². The SMILES string of the molecule is COc1ccc(C(C)Nc2cc(C(C)=O)ccc2C#N)cc1OC. The molecule has 0 aliphatic rings. The Morgan fingerprint density at radius 3 is 2.42 bits per heavy atom. The first kappa shape index (κ1) is 17.4. The minimum Gasteiger partial charge on any atom is -0.493 e. The van der Waals surface area contributed by atoms with E-state index in [1.54, 1.807) is 32.4 Å². The quantitative estimate of drug-likeness (QED) is 0.815. The summed E-state index contributed by atoms with van der Waals surface area (Å²) in [5.41, 5.74) is 2.67. The lowest BCUT2D eigenvalue weighted by atomic mass is 10.0. The van der Waals surface area contributed by atoms with Crippen molar-refractivity contribution in [2.24, 2.45) is 0 Å². The van der Waals surface area contributed by atoms with Crippen LogP contribution in [-0.2, 0) is 0 Å². The molecule has 2 aromatic carbocycles. The fourth-order valence-corrected chi connectivity index (χ4v) is 2.42. The standard InChI is InChI=1S/C19H20N2O3/c1-12(14-7-8-18(23-3)19(10-14)24-4)21-17-9-15(13(2)22)5-6-16(17)11-20/h5-10,12,21H,1-4H3. The van der Waals surface area contributed by atoms with Crippen LogP contribution < -0.4 is 14.8 Å². The van der Waals surface area contributed by atoms with Gasteiger partial charge in [0, 0.05) is 11.6 Å². The topological polar surface area (TPSA) is 71.3 Å². The Labute approximate surface area is 141 Å². The highest BCUT2D eigenvalue weighted by atomic mass is 16.5. The molecule has 0 fully saturated rings. The summed E-state index contributed by atoms with van der Waals surface area (Å²) in [6.07, 6.45) is 0. The number of carbonyl (C=O) groups is 1. The molecule has 5 heteroatoms. The number of anilines is 1. The molecule has 0 bridgehead atoms. The number of ether oxygens (including phenoxy) is 2. The van der Waals surface area contributed by atoms with Crippen molar-refractivity contribution in [1.29, 1.82) is 5.26 Å². The van der Waals surface area contributed by atoms with Gasteiger partial charge in [-0.2, -0.15) is 5.26 Å². The third-order valence-corrected chi connectivity index (χ3v) is 3.83. The maximum atomic E-state index is 11.6. The fraction of sp³-hybridized carbons (Fsp3) is 0.263. The number of benzene rings is 2. The van der Waals surface area contributed by atoms with Crippen LogP contribution in [0.5, 0.6) is 11.5 Å². The highest BCUT2D eigenvalue weighted by Gasteiger charge is 2.13. The van der Waals surface area contributed by atoms with E-state index in [0.717, 1.165) is 5.56 Å². The number of ketones is 1. The number of rotatable bonds is 6. The average Bonchev–Trinajstić information content (AvgIpc) is 2.60. The highest BCUT2D eigenvalue weighted by molar-refractivity contribution is 5.95. The largest absolute Gasteiger partial charge is 0.493 e. The number of nitrogens with one attached hydrogen (secondary N) is 1. The van der Waals surface area contributed by atoms with E-state index in [0.29, 0.717) is 28.3 Å². The molecule has 0 saturated carbocycles. The van der Waals surface area contributed by atoms with E-state index in [1.807, 2.05) is 25.1 Å². The number of methoxy groups -OCH3 is 2. The molecule has 24 heavy (non-hydrogen) atoms. The van der Waals surface area contributed by atoms with Crippen LogP contribution in [0.2, 0.25) is 0 Å². The molecule has 5 nitrogen and oxygen atoms in total. The van der Waals surface area contributed by atoms with Gasteiger partial charge in [-0.3, -0.25) is 4.79 Å². The summed E-state index contributed by atoms with van der Waals surface area (Å²) in [6.45, 7) is 3.48. The number of hydrogen-bond donors (Lipinski definition) is 1. The van der Waals surface area contributed by atoms with Crippen molar-refractivity contribution in [2.75, 3.05) is 19.5 Å². The first-order chi connectivity index (χ1) is 11.5. The summed E-state index contributed by atoms with van der Waals surface area (Å²) in [6, 6.07) is 12.7. The Kier molecular flexibility index (Phi) is 5.43. The van der Waals surface area contributed by atoms with Crippen molar-refractivity contribution in [2.45, 2.75) is 19.9 Å². The average molecular weight is 324 g/mol. The summed E-state index contributed by atoms with van der Waals surface area (Å²) in [5, 5.41) is 12.6. The van der Waals surface area contributed by atoms with Gasteiger partial charge in [-0.05, 0) is 49.7 Å². The second kappa shape index (κ2) is 7.51. The smallest absolute Gasteiger partial charge is 0.161 e. The highest BCUT2D eigenvalue weighted by Crippen LogP contribution is 2.31. The molecule has 2 rings (SSSR count). The molecule has 0 spiro atoms. The van der Waals surface area contributed by atoms with Crippen LogP contribution in [0.4, 0.5) is 5.69 Å². The van der Waals surface area contributed by atoms with Crippen molar-refractivity contribution in [3.05, 3.63) is 53.1 Å². The van der Waals surface area contributed by atoms with Crippen LogP contribution in [-0.4, -0.2) is 20.0 Å². The predicted molar refractivity (Wildman–Crippen MR) is 92.7 cm³/mol.